The average molecular weight is 279 g/mol. The van der Waals surface area contributed by atoms with Crippen LogP contribution in [-0.2, 0) is 0 Å². The summed E-state index contributed by atoms with van der Waals surface area (Å²) in [6.45, 7) is 4.01. The van der Waals surface area contributed by atoms with Gasteiger partial charge in [-0.3, -0.25) is 0 Å². The zero-order valence-corrected chi connectivity index (χ0v) is 12.8. The van der Waals surface area contributed by atoms with Crippen LogP contribution in [0.1, 0.15) is 58.8 Å². The first-order valence-electron chi connectivity index (χ1n) is 8.28. The summed E-state index contributed by atoms with van der Waals surface area (Å²) in [4.78, 5) is 12.3. The monoisotopic (exact) mass is 279 g/mol. The molecule has 0 spiro atoms. The molecule has 4 nitrogen and oxygen atoms in total. The van der Waals surface area contributed by atoms with E-state index in [9.17, 15) is 4.79 Å². The fraction of sp³-hybridized carbons (Fsp3) is 0.938. The normalized spacial score (nSPS) is 41.2. The van der Waals surface area contributed by atoms with Gasteiger partial charge in [0.05, 0.1) is 0 Å². The largest absolute Gasteiger partial charge is 0.336 e. The van der Waals surface area contributed by atoms with Crippen molar-refractivity contribution in [3.63, 3.8) is 0 Å². The number of urea groups is 1. The van der Waals surface area contributed by atoms with Crippen molar-refractivity contribution in [2.45, 2.75) is 76.4 Å². The molecule has 2 unspecified atom stereocenters. The molecule has 0 aliphatic heterocycles. The van der Waals surface area contributed by atoms with Gasteiger partial charge in [-0.15, -0.1) is 0 Å². The van der Waals surface area contributed by atoms with Gasteiger partial charge in [0.15, 0.2) is 0 Å². The predicted octanol–water partition coefficient (Wildman–Crippen LogP) is 2.38. The van der Waals surface area contributed by atoms with Crippen molar-refractivity contribution in [3.05, 3.63) is 0 Å². The maximum atomic E-state index is 12.3. The fourth-order valence-corrected chi connectivity index (χ4v) is 5.38. The van der Waals surface area contributed by atoms with Crippen LogP contribution >= 0.6 is 0 Å². The number of amides is 2. The van der Waals surface area contributed by atoms with Crippen molar-refractivity contribution in [1.29, 1.82) is 0 Å². The summed E-state index contributed by atoms with van der Waals surface area (Å²) in [6.07, 6.45) is 8.65. The first kappa shape index (κ1) is 14.2. The first-order chi connectivity index (χ1) is 9.44. The highest BCUT2D eigenvalue weighted by Gasteiger charge is 2.51. The van der Waals surface area contributed by atoms with Gasteiger partial charge in [-0.1, -0.05) is 0 Å². The standard InChI is InChI=1S/C16H29N3O/c1-10(17)3-11(2)18-15(20)19-16-7-12-4-13(8-16)6-14(5-12)9-16/h10-14H,3-9,17H2,1-2H3,(H2,18,19,20). The molecule has 0 heterocycles. The predicted molar refractivity (Wildman–Crippen MR) is 80.3 cm³/mol. The quantitative estimate of drug-likeness (QED) is 0.739. The molecular formula is C16H29N3O. The first-order valence-corrected chi connectivity index (χ1v) is 8.28. The molecule has 4 bridgehead atoms. The van der Waals surface area contributed by atoms with Crippen LogP contribution in [0, 0.1) is 17.8 Å². The molecule has 4 aliphatic rings. The lowest BCUT2D eigenvalue weighted by molar-refractivity contribution is -0.0136. The van der Waals surface area contributed by atoms with Crippen LogP contribution in [-0.4, -0.2) is 23.7 Å². The lowest BCUT2D eigenvalue weighted by atomic mass is 9.53. The Morgan fingerprint density at radius 1 is 1.15 bits per heavy atom. The van der Waals surface area contributed by atoms with Crippen LogP contribution in [0.4, 0.5) is 4.79 Å². The molecule has 4 N–H and O–H groups in total. The number of hydrogen-bond donors (Lipinski definition) is 3. The van der Waals surface area contributed by atoms with Gasteiger partial charge in [0.1, 0.15) is 0 Å². The molecule has 4 rings (SSSR count). The molecule has 4 fully saturated rings. The van der Waals surface area contributed by atoms with Crippen LogP contribution in [0.15, 0.2) is 0 Å². The number of carbonyl (C=O) groups excluding carboxylic acids is 1. The number of nitrogens with two attached hydrogens (primary N) is 1. The van der Waals surface area contributed by atoms with Crippen molar-refractivity contribution in [2.75, 3.05) is 0 Å². The van der Waals surface area contributed by atoms with E-state index >= 15 is 0 Å². The van der Waals surface area contributed by atoms with Gasteiger partial charge in [0.2, 0.25) is 0 Å². The smallest absolute Gasteiger partial charge is 0.315 e. The van der Waals surface area contributed by atoms with Crippen LogP contribution in [0.2, 0.25) is 0 Å². The highest BCUT2D eigenvalue weighted by atomic mass is 16.2. The van der Waals surface area contributed by atoms with Gasteiger partial charge >= 0.3 is 6.03 Å². The molecule has 0 saturated heterocycles. The Labute approximate surface area is 122 Å². The summed E-state index contributed by atoms with van der Waals surface area (Å²) >= 11 is 0. The Balaban J connectivity index is 1.56. The van der Waals surface area contributed by atoms with E-state index < -0.39 is 0 Å². The van der Waals surface area contributed by atoms with Crippen molar-refractivity contribution >= 4 is 6.03 Å². The summed E-state index contributed by atoms with van der Waals surface area (Å²) in [5.74, 6) is 2.59. The lowest BCUT2D eigenvalue weighted by Crippen LogP contribution is -2.62. The van der Waals surface area contributed by atoms with E-state index in [2.05, 4.69) is 10.6 Å². The van der Waals surface area contributed by atoms with Crippen LogP contribution in [0.5, 0.6) is 0 Å². The lowest BCUT2D eigenvalue weighted by Gasteiger charge is -2.56. The third kappa shape index (κ3) is 2.95. The van der Waals surface area contributed by atoms with Crippen molar-refractivity contribution in [1.82, 2.24) is 10.6 Å². The number of carbonyl (C=O) groups is 1. The third-order valence-electron chi connectivity index (χ3n) is 5.52. The van der Waals surface area contributed by atoms with Crippen molar-refractivity contribution < 1.29 is 4.79 Å². The molecule has 4 aliphatic carbocycles. The zero-order chi connectivity index (χ0) is 14.3. The molecule has 4 heteroatoms. The van der Waals surface area contributed by atoms with E-state index in [1.165, 1.54) is 38.5 Å². The van der Waals surface area contributed by atoms with Crippen molar-refractivity contribution in [3.8, 4) is 0 Å². The van der Waals surface area contributed by atoms with Crippen LogP contribution in [0.25, 0.3) is 0 Å². The highest BCUT2D eigenvalue weighted by molar-refractivity contribution is 5.75. The van der Waals surface area contributed by atoms with Gasteiger partial charge in [0.25, 0.3) is 0 Å². The summed E-state index contributed by atoms with van der Waals surface area (Å²) in [5.41, 5.74) is 5.89. The average Bonchev–Trinajstić information content (AvgIpc) is 2.23. The molecule has 0 radical (unpaired) electrons. The van der Waals surface area contributed by atoms with E-state index in [1.54, 1.807) is 0 Å². The molecule has 2 atom stereocenters. The molecule has 0 aromatic heterocycles. The SMILES string of the molecule is CC(N)CC(C)NC(=O)NC12CC3CC(CC(C3)C1)C2. The van der Waals surface area contributed by atoms with Crippen LogP contribution < -0.4 is 16.4 Å². The Kier molecular flexibility index (Phi) is 3.69. The molecule has 114 valence electrons. The van der Waals surface area contributed by atoms with E-state index in [1.807, 2.05) is 13.8 Å². The fourth-order valence-electron chi connectivity index (χ4n) is 5.38. The summed E-state index contributed by atoms with van der Waals surface area (Å²) < 4.78 is 0. The maximum absolute atomic E-state index is 12.3. The Hall–Kier alpha value is -0.770. The zero-order valence-electron chi connectivity index (χ0n) is 12.8. The minimum atomic E-state index is 0.0140. The Morgan fingerprint density at radius 2 is 1.65 bits per heavy atom. The molecule has 2 amide bonds. The third-order valence-corrected chi connectivity index (χ3v) is 5.52. The van der Waals surface area contributed by atoms with Gasteiger partial charge in [0, 0.05) is 17.6 Å². The van der Waals surface area contributed by atoms with E-state index in [0.717, 1.165) is 24.2 Å². The maximum Gasteiger partial charge on any atom is 0.315 e. The van der Waals surface area contributed by atoms with Gasteiger partial charge in [-0.25, -0.2) is 4.79 Å². The summed E-state index contributed by atoms with van der Waals surface area (Å²) in [7, 11) is 0. The number of rotatable bonds is 4. The highest BCUT2D eigenvalue weighted by Crippen LogP contribution is 2.55. The van der Waals surface area contributed by atoms with Gasteiger partial charge in [-0.05, 0) is 76.5 Å². The second-order valence-corrected chi connectivity index (χ2v) is 7.91. The van der Waals surface area contributed by atoms with Gasteiger partial charge < -0.3 is 16.4 Å². The second kappa shape index (κ2) is 5.21. The Bertz CT molecular complexity index is 345. The minimum absolute atomic E-state index is 0.0140. The van der Waals surface area contributed by atoms with E-state index in [4.69, 9.17) is 5.73 Å². The summed E-state index contributed by atoms with van der Waals surface area (Å²) in [6, 6.07) is 0.286. The Morgan fingerprint density at radius 3 is 2.10 bits per heavy atom. The number of nitrogens with one attached hydrogen (secondary N) is 2. The molecule has 20 heavy (non-hydrogen) atoms. The minimum Gasteiger partial charge on any atom is -0.336 e. The van der Waals surface area contributed by atoms with E-state index in [-0.39, 0.29) is 23.7 Å². The van der Waals surface area contributed by atoms with E-state index in [0.29, 0.717) is 0 Å². The van der Waals surface area contributed by atoms with Gasteiger partial charge in [-0.2, -0.15) is 0 Å². The van der Waals surface area contributed by atoms with Crippen LogP contribution in [0.3, 0.4) is 0 Å². The summed E-state index contributed by atoms with van der Waals surface area (Å²) in [5, 5.41) is 6.39. The molecule has 4 saturated carbocycles. The van der Waals surface area contributed by atoms with Crippen molar-refractivity contribution in [2.24, 2.45) is 23.5 Å². The molecular weight excluding hydrogens is 250 g/mol. The number of hydrogen-bond acceptors (Lipinski definition) is 2. The molecule has 0 aromatic carbocycles. The topological polar surface area (TPSA) is 67.1 Å². The molecule has 0 aromatic rings. The second-order valence-electron chi connectivity index (χ2n) is 7.91.